The summed E-state index contributed by atoms with van der Waals surface area (Å²) >= 11 is 0. The van der Waals surface area contributed by atoms with Crippen LogP contribution in [0.3, 0.4) is 0 Å². The first kappa shape index (κ1) is 16.5. The van der Waals surface area contributed by atoms with Crippen LogP contribution in [0.15, 0.2) is 42.5 Å². The molecule has 0 saturated carbocycles. The van der Waals surface area contributed by atoms with Crippen LogP contribution in [0.25, 0.3) is 0 Å². The molecule has 0 saturated heterocycles. The first-order valence-electron chi connectivity index (χ1n) is 7.39. The maximum atomic E-state index is 12.5. The Morgan fingerprint density at radius 1 is 1.13 bits per heavy atom. The van der Waals surface area contributed by atoms with Crippen molar-refractivity contribution in [3.05, 3.63) is 59.2 Å². The standard InChI is InChI=1S/C18H19NO4/c1-3-10-23-16-9-4-12(2)11-15(16)17(20)19-14-7-5-13(6-8-14)18(21)22/h4-9,11H,3,10H2,1-2H3,(H,19,20)(H,21,22). The van der Waals surface area contributed by atoms with E-state index >= 15 is 0 Å². The molecule has 0 radical (unpaired) electrons. The Hall–Kier alpha value is -2.82. The van der Waals surface area contributed by atoms with Gasteiger partial charge in [-0.05, 0) is 49.7 Å². The predicted molar refractivity (Wildman–Crippen MR) is 88.3 cm³/mol. The first-order chi connectivity index (χ1) is 11.0. The molecule has 2 rings (SSSR count). The Kier molecular flexibility index (Phi) is 5.36. The monoisotopic (exact) mass is 313 g/mol. The number of benzene rings is 2. The minimum atomic E-state index is -1.00. The molecule has 0 atom stereocenters. The highest BCUT2D eigenvalue weighted by atomic mass is 16.5. The molecule has 0 aliphatic carbocycles. The fourth-order valence-corrected chi connectivity index (χ4v) is 2.05. The molecule has 5 heteroatoms. The minimum absolute atomic E-state index is 0.172. The van der Waals surface area contributed by atoms with Gasteiger partial charge in [-0.15, -0.1) is 0 Å². The molecule has 0 heterocycles. The minimum Gasteiger partial charge on any atom is -0.493 e. The molecule has 23 heavy (non-hydrogen) atoms. The van der Waals surface area contributed by atoms with E-state index in [4.69, 9.17) is 9.84 Å². The lowest BCUT2D eigenvalue weighted by Gasteiger charge is -2.12. The summed E-state index contributed by atoms with van der Waals surface area (Å²) in [5.74, 6) is -0.753. The Balaban J connectivity index is 2.19. The number of hydrogen-bond acceptors (Lipinski definition) is 3. The lowest BCUT2D eigenvalue weighted by atomic mass is 10.1. The van der Waals surface area contributed by atoms with Gasteiger partial charge in [0, 0.05) is 5.69 Å². The van der Waals surface area contributed by atoms with Crippen LogP contribution in [0.2, 0.25) is 0 Å². The third-order valence-corrected chi connectivity index (χ3v) is 3.23. The van der Waals surface area contributed by atoms with Crippen molar-refractivity contribution in [2.45, 2.75) is 20.3 Å². The van der Waals surface area contributed by atoms with Crippen molar-refractivity contribution < 1.29 is 19.4 Å². The Bertz CT molecular complexity index is 707. The van der Waals surface area contributed by atoms with Crippen LogP contribution in [0, 0.1) is 6.92 Å². The van der Waals surface area contributed by atoms with Gasteiger partial charge in [-0.3, -0.25) is 4.79 Å². The van der Waals surface area contributed by atoms with E-state index in [-0.39, 0.29) is 11.5 Å². The van der Waals surface area contributed by atoms with E-state index in [1.54, 1.807) is 24.3 Å². The van der Waals surface area contributed by atoms with Crippen LogP contribution >= 0.6 is 0 Å². The van der Waals surface area contributed by atoms with E-state index < -0.39 is 5.97 Å². The highest BCUT2D eigenvalue weighted by Gasteiger charge is 2.13. The second-order valence-corrected chi connectivity index (χ2v) is 5.18. The highest BCUT2D eigenvalue weighted by molar-refractivity contribution is 6.06. The molecule has 0 bridgehead atoms. The van der Waals surface area contributed by atoms with Crippen molar-refractivity contribution >= 4 is 17.6 Å². The molecule has 2 aromatic rings. The van der Waals surface area contributed by atoms with Crippen molar-refractivity contribution in [1.82, 2.24) is 0 Å². The zero-order valence-corrected chi connectivity index (χ0v) is 13.1. The smallest absolute Gasteiger partial charge is 0.335 e. The third kappa shape index (κ3) is 4.32. The summed E-state index contributed by atoms with van der Waals surface area (Å²) < 4.78 is 5.61. The summed E-state index contributed by atoms with van der Waals surface area (Å²) in [6, 6.07) is 11.5. The molecule has 5 nitrogen and oxygen atoms in total. The van der Waals surface area contributed by atoms with Gasteiger partial charge in [0.05, 0.1) is 17.7 Å². The topological polar surface area (TPSA) is 75.6 Å². The zero-order chi connectivity index (χ0) is 16.8. The van der Waals surface area contributed by atoms with E-state index in [1.807, 2.05) is 19.9 Å². The van der Waals surface area contributed by atoms with E-state index in [2.05, 4.69) is 5.32 Å². The summed E-state index contributed by atoms with van der Waals surface area (Å²) in [6.45, 7) is 4.44. The average Bonchev–Trinajstić information content (AvgIpc) is 2.54. The predicted octanol–water partition coefficient (Wildman–Crippen LogP) is 3.73. The fraction of sp³-hybridized carbons (Fsp3) is 0.222. The SMILES string of the molecule is CCCOc1ccc(C)cc1C(=O)Nc1ccc(C(=O)O)cc1. The van der Waals surface area contributed by atoms with Gasteiger partial charge in [0.15, 0.2) is 0 Å². The lowest BCUT2D eigenvalue weighted by molar-refractivity contribution is 0.0696. The summed E-state index contributed by atoms with van der Waals surface area (Å²) in [5.41, 5.74) is 2.12. The quantitative estimate of drug-likeness (QED) is 0.852. The molecule has 0 spiro atoms. The van der Waals surface area contributed by atoms with E-state index in [0.717, 1.165) is 12.0 Å². The number of aryl methyl sites for hydroxylation is 1. The molecule has 0 unspecified atom stereocenters. The number of rotatable bonds is 6. The van der Waals surface area contributed by atoms with Crippen LogP contribution in [-0.4, -0.2) is 23.6 Å². The molecule has 2 aromatic carbocycles. The van der Waals surface area contributed by atoms with Crippen LogP contribution in [-0.2, 0) is 0 Å². The van der Waals surface area contributed by atoms with Gasteiger partial charge in [0.1, 0.15) is 5.75 Å². The van der Waals surface area contributed by atoms with Crippen LogP contribution in [0.4, 0.5) is 5.69 Å². The van der Waals surface area contributed by atoms with Crippen LogP contribution in [0.1, 0.15) is 39.6 Å². The second kappa shape index (κ2) is 7.45. The molecule has 0 aliphatic heterocycles. The van der Waals surface area contributed by atoms with E-state index in [0.29, 0.717) is 23.6 Å². The molecule has 0 aromatic heterocycles. The number of aromatic carboxylic acids is 1. The normalized spacial score (nSPS) is 10.2. The number of carboxylic acid groups (broad SMARTS) is 1. The Labute approximate surface area is 134 Å². The molecule has 2 N–H and O–H groups in total. The van der Waals surface area contributed by atoms with Gasteiger partial charge in [-0.25, -0.2) is 4.79 Å². The molecule has 0 fully saturated rings. The highest BCUT2D eigenvalue weighted by Crippen LogP contribution is 2.22. The van der Waals surface area contributed by atoms with Gasteiger partial charge in [-0.1, -0.05) is 18.6 Å². The summed E-state index contributed by atoms with van der Waals surface area (Å²) in [4.78, 5) is 23.3. The van der Waals surface area contributed by atoms with Crippen LogP contribution in [0.5, 0.6) is 5.75 Å². The Morgan fingerprint density at radius 3 is 2.43 bits per heavy atom. The van der Waals surface area contributed by atoms with Crippen molar-refractivity contribution in [2.75, 3.05) is 11.9 Å². The van der Waals surface area contributed by atoms with Crippen molar-refractivity contribution in [1.29, 1.82) is 0 Å². The maximum Gasteiger partial charge on any atom is 0.335 e. The molecule has 120 valence electrons. The largest absolute Gasteiger partial charge is 0.493 e. The van der Waals surface area contributed by atoms with E-state index in [9.17, 15) is 9.59 Å². The third-order valence-electron chi connectivity index (χ3n) is 3.23. The van der Waals surface area contributed by atoms with Gasteiger partial charge < -0.3 is 15.2 Å². The maximum absolute atomic E-state index is 12.5. The lowest BCUT2D eigenvalue weighted by Crippen LogP contribution is -2.14. The summed E-state index contributed by atoms with van der Waals surface area (Å²) in [5, 5.41) is 11.6. The molecular formula is C18H19NO4. The number of ether oxygens (including phenoxy) is 1. The number of hydrogen-bond donors (Lipinski definition) is 2. The van der Waals surface area contributed by atoms with Gasteiger partial charge in [-0.2, -0.15) is 0 Å². The van der Waals surface area contributed by atoms with Crippen molar-refractivity contribution in [3.8, 4) is 5.75 Å². The Morgan fingerprint density at radius 2 is 1.83 bits per heavy atom. The molecular weight excluding hydrogens is 294 g/mol. The number of carbonyl (C=O) groups excluding carboxylic acids is 1. The molecule has 0 aliphatic rings. The van der Waals surface area contributed by atoms with Gasteiger partial charge >= 0.3 is 5.97 Å². The summed E-state index contributed by atoms with van der Waals surface area (Å²) in [6.07, 6.45) is 0.853. The fourth-order valence-electron chi connectivity index (χ4n) is 2.05. The second-order valence-electron chi connectivity index (χ2n) is 5.18. The van der Waals surface area contributed by atoms with Crippen molar-refractivity contribution in [3.63, 3.8) is 0 Å². The number of nitrogens with one attached hydrogen (secondary N) is 1. The molecule has 1 amide bonds. The number of carboxylic acids is 1. The van der Waals surface area contributed by atoms with E-state index in [1.165, 1.54) is 12.1 Å². The van der Waals surface area contributed by atoms with Crippen LogP contribution < -0.4 is 10.1 Å². The van der Waals surface area contributed by atoms with Crippen molar-refractivity contribution in [2.24, 2.45) is 0 Å². The number of amides is 1. The number of carbonyl (C=O) groups is 2. The van der Waals surface area contributed by atoms with Gasteiger partial charge in [0.25, 0.3) is 5.91 Å². The summed E-state index contributed by atoms with van der Waals surface area (Å²) in [7, 11) is 0. The first-order valence-corrected chi connectivity index (χ1v) is 7.39. The zero-order valence-electron chi connectivity index (χ0n) is 13.1. The number of anilines is 1. The van der Waals surface area contributed by atoms with Gasteiger partial charge in [0.2, 0.25) is 0 Å². The average molecular weight is 313 g/mol.